The summed E-state index contributed by atoms with van der Waals surface area (Å²) in [5, 5.41) is 0. The zero-order valence-corrected chi connectivity index (χ0v) is 7.51. The van der Waals surface area contributed by atoms with E-state index >= 15 is 0 Å². The predicted octanol–water partition coefficient (Wildman–Crippen LogP) is 1.98. The minimum absolute atomic E-state index is 0.433. The third-order valence-corrected chi connectivity index (χ3v) is 2.49. The van der Waals surface area contributed by atoms with Crippen molar-refractivity contribution in [3.63, 3.8) is 0 Å². The van der Waals surface area contributed by atoms with Crippen molar-refractivity contribution in [3.05, 3.63) is 0 Å². The molecule has 0 aliphatic heterocycles. The Labute approximate surface area is 68.9 Å². The smallest absolute Gasteiger partial charge is 0.0596 e. The highest BCUT2D eigenvalue weighted by Gasteiger charge is 2.18. The Morgan fingerprint density at radius 3 is 1.73 bits per heavy atom. The summed E-state index contributed by atoms with van der Waals surface area (Å²) in [5.41, 5.74) is 0. The van der Waals surface area contributed by atoms with Crippen molar-refractivity contribution < 1.29 is 9.47 Å². The van der Waals surface area contributed by atoms with E-state index in [-0.39, 0.29) is 0 Å². The minimum atomic E-state index is 0.433. The van der Waals surface area contributed by atoms with Crippen molar-refractivity contribution in [1.82, 2.24) is 0 Å². The van der Waals surface area contributed by atoms with Crippen molar-refractivity contribution >= 4 is 0 Å². The van der Waals surface area contributed by atoms with Crippen LogP contribution in [0.15, 0.2) is 0 Å². The summed E-state index contributed by atoms with van der Waals surface area (Å²) >= 11 is 0. The van der Waals surface area contributed by atoms with Gasteiger partial charge in [0.1, 0.15) is 0 Å². The predicted molar refractivity (Wildman–Crippen MR) is 44.7 cm³/mol. The third-order valence-electron chi connectivity index (χ3n) is 2.49. The summed E-state index contributed by atoms with van der Waals surface area (Å²) in [6.07, 6.45) is 6.93. The zero-order valence-electron chi connectivity index (χ0n) is 7.51. The number of methoxy groups -OCH3 is 2. The first-order chi connectivity index (χ1) is 5.36. The van der Waals surface area contributed by atoms with Crippen LogP contribution in [0.25, 0.3) is 0 Å². The van der Waals surface area contributed by atoms with Crippen LogP contribution >= 0.6 is 0 Å². The van der Waals surface area contributed by atoms with E-state index in [2.05, 4.69) is 0 Å². The second kappa shape index (κ2) is 4.73. The number of hydrogen-bond acceptors (Lipinski definition) is 2. The molecule has 1 aliphatic rings. The van der Waals surface area contributed by atoms with Crippen LogP contribution in [0, 0.1) is 0 Å². The van der Waals surface area contributed by atoms with Crippen LogP contribution in [0.5, 0.6) is 0 Å². The Morgan fingerprint density at radius 1 is 0.909 bits per heavy atom. The molecule has 0 aromatic rings. The molecule has 1 rings (SSSR count). The van der Waals surface area contributed by atoms with Gasteiger partial charge in [-0.15, -0.1) is 0 Å². The first-order valence-electron chi connectivity index (χ1n) is 4.42. The summed E-state index contributed by atoms with van der Waals surface area (Å²) < 4.78 is 10.6. The van der Waals surface area contributed by atoms with Gasteiger partial charge in [0.05, 0.1) is 12.2 Å². The van der Waals surface area contributed by atoms with E-state index in [1.807, 2.05) is 0 Å². The van der Waals surface area contributed by atoms with E-state index in [0.29, 0.717) is 12.2 Å². The van der Waals surface area contributed by atoms with Gasteiger partial charge in [-0.05, 0) is 19.3 Å². The van der Waals surface area contributed by atoms with Crippen LogP contribution in [0.1, 0.15) is 32.1 Å². The van der Waals surface area contributed by atoms with Crippen molar-refractivity contribution in [1.29, 1.82) is 0 Å². The monoisotopic (exact) mass is 158 g/mol. The number of rotatable bonds is 2. The Hall–Kier alpha value is -0.0800. The van der Waals surface area contributed by atoms with E-state index in [1.165, 1.54) is 25.7 Å². The second-order valence-corrected chi connectivity index (χ2v) is 3.24. The highest BCUT2D eigenvalue weighted by atomic mass is 16.5. The van der Waals surface area contributed by atoms with Crippen LogP contribution in [0.3, 0.4) is 0 Å². The Balaban J connectivity index is 2.33. The summed E-state index contributed by atoms with van der Waals surface area (Å²) in [4.78, 5) is 0. The van der Waals surface area contributed by atoms with E-state index < -0.39 is 0 Å². The average molecular weight is 158 g/mol. The molecule has 0 N–H and O–H groups in total. The molecular formula is C9H18O2. The lowest BCUT2D eigenvalue weighted by Gasteiger charge is -2.16. The van der Waals surface area contributed by atoms with Gasteiger partial charge in [-0.3, -0.25) is 0 Å². The fraction of sp³-hybridized carbons (Fsp3) is 1.00. The van der Waals surface area contributed by atoms with Crippen molar-refractivity contribution in [3.8, 4) is 0 Å². The van der Waals surface area contributed by atoms with Crippen LogP contribution in [0.2, 0.25) is 0 Å². The molecule has 1 fully saturated rings. The molecule has 0 spiro atoms. The van der Waals surface area contributed by atoms with E-state index in [1.54, 1.807) is 14.2 Å². The lowest BCUT2D eigenvalue weighted by atomic mass is 10.1. The maximum atomic E-state index is 5.32. The fourth-order valence-corrected chi connectivity index (χ4v) is 1.70. The van der Waals surface area contributed by atoms with Gasteiger partial charge in [0, 0.05) is 14.2 Å². The first-order valence-corrected chi connectivity index (χ1v) is 4.42. The molecule has 11 heavy (non-hydrogen) atoms. The molecule has 0 amide bonds. The lowest BCUT2D eigenvalue weighted by molar-refractivity contribution is 0.0261. The molecule has 0 aromatic heterocycles. The van der Waals surface area contributed by atoms with Crippen molar-refractivity contribution in [2.45, 2.75) is 44.3 Å². The van der Waals surface area contributed by atoms with Gasteiger partial charge >= 0.3 is 0 Å². The summed E-state index contributed by atoms with van der Waals surface area (Å²) in [6.45, 7) is 0. The van der Waals surface area contributed by atoms with E-state index in [4.69, 9.17) is 9.47 Å². The average Bonchev–Trinajstić information content (AvgIpc) is 2.28. The maximum absolute atomic E-state index is 5.32. The van der Waals surface area contributed by atoms with Crippen molar-refractivity contribution in [2.75, 3.05) is 14.2 Å². The SMILES string of the molecule is CO[C@@H]1CCCC[C@H](OC)C1. The topological polar surface area (TPSA) is 18.5 Å². The molecule has 2 atom stereocenters. The van der Waals surface area contributed by atoms with E-state index in [0.717, 1.165) is 6.42 Å². The van der Waals surface area contributed by atoms with Crippen LogP contribution in [0.4, 0.5) is 0 Å². The Bertz CT molecular complexity index is 91.7. The van der Waals surface area contributed by atoms with Gasteiger partial charge < -0.3 is 9.47 Å². The molecule has 0 bridgehead atoms. The molecule has 0 heterocycles. The number of hydrogen-bond donors (Lipinski definition) is 0. The van der Waals surface area contributed by atoms with E-state index in [9.17, 15) is 0 Å². The van der Waals surface area contributed by atoms with Gasteiger partial charge in [0.25, 0.3) is 0 Å². The normalized spacial score (nSPS) is 33.3. The van der Waals surface area contributed by atoms with Crippen LogP contribution in [-0.4, -0.2) is 26.4 Å². The van der Waals surface area contributed by atoms with Crippen LogP contribution < -0.4 is 0 Å². The molecule has 1 saturated carbocycles. The van der Waals surface area contributed by atoms with Gasteiger partial charge in [-0.25, -0.2) is 0 Å². The summed E-state index contributed by atoms with van der Waals surface area (Å²) in [6, 6.07) is 0. The van der Waals surface area contributed by atoms with Crippen LogP contribution in [-0.2, 0) is 9.47 Å². The van der Waals surface area contributed by atoms with Gasteiger partial charge in [-0.1, -0.05) is 12.8 Å². The Morgan fingerprint density at radius 2 is 1.36 bits per heavy atom. The number of ether oxygens (including phenoxy) is 2. The van der Waals surface area contributed by atoms with Gasteiger partial charge in [0.15, 0.2) is 0 Å². The lowest BCUT2D eigenvalue weighted by Crippen LogP contribution is -2.18. The quantitative estimate of drug-likeness (QED) is 0.572. The molecule has 2 heteroatoms. The molecule has 1 aliphatic carbocycles. The van der Waals surface area contributed by atoms with Gasteiger partial charge in [-0.2, -0.15) is 0 Å². The second-order valence-electron chi connectivity index (χ2n) is 3.24. The summed E-state index contributed by atoms with van der Waals surface area (Å²) in [5.74, 6) is 0. The molecular weight excluding hydrogens is 140 g/mol. The standard InChI is InChI=1S/C9H18O2/c1-10-8-5-3-4-6-9(7-8)11-2/h8-9H,3-7H2,1-2H3/t8-,9+. The molecule has 2 nitrogen and oxygen atoms in total. The Kier molecular flexibility index (Phi) is 3.87. The molecule has 0 saturated heterocycles. The molecule has 0 unspecified atom stereocenters. The first kappa shape index (κ1) is 9.01. The minimum Gasteiger partial charge on any atom is -0.381 e. The largest absolute Gasteiger partial charge is 0.381 e. The van der Waals surface area contributed by atoms with Crippen molar-refractivity contribution in [2.24, 2.45) is 0 Å². The maximum Gasteiger partial charge on any atom is 0.0596 e. The third kappa shape index (κ3) is 2.80. The molecule has 66 valence electrons. The fourth-order valence-electron chi connectivity index (χ4n) is 1.70. The summed E-state index contributed by atoms with van der Waals surface area (Å²) in [7, 11) is 3.59. The highest BCUT2D eigenvalue weighted by Crippen LogP contribution is 2.21. The zero-order chi connectivity index (χ0) is 8.10. The molecule has 0 radical (unpaired) electrons. The molecule has 0 aromatic carbocycles. The highest BCUT2D eigenvalue weighted by molar-refractivity contribution is 4.70. The van der Waals surface area contributed by atoms with Gasteiger partial charge in [0.2, 0.25) is 0 Å².